The van der Waals surface area contributed by atoms with E-state index in [1.54, 1.807) is 12.1 Å². The van der Waals surface area contributed by atoms with Gasteiger partial charge in [-0.25, -0.2) is 4.39 Å². The summed E-state index contributed by atoms with van der Waals surface area (Å²) in [6, 6.07) is 4.71. The Kier molecular flexibility index (Phi) is 3.79. The second-order valence-electron chi connectivity index (χ2n) is 4.80. The topological polar surface area (TPSA) is 35.2 Å². The Bertz CT molecular complexity index is 394. The third-order valence-corrected chi connectivity index (χ3v) is 3.72. The highest BCUT2D eigenvalue weighted by atomic mass is 19.1. The molecule has 2 nitrogen and oxygen atoms in total. The van der Waals surface area contributed by atoms with Gasteiger partial charge in [-0.3, -0.25) is 0 Å². The van der Waals surface area contributed by atoms with Crippen molar-refractivity contribution in [2.24, 2.45) is 11.7 Å². The summed E-state index contributed by atoms with van der Waals surface area (Å²) in [6.45, 7) is 4.85. The fourth-order valence-corrected chi connectivity index (χ4v) is 2.70. The molecule has 1 heterocycles. The smallest absolute Gasteiger partial charge is 0.123 e. The molecule has 0 aromatic heterocycles. The molecule has 0 bridgehead atoms. The summed E-state index contributed by atoms with van der Waals surface area (Å²) < 4.78 is 18.9. The number of aryl methyl sites for hydroxylation is 1. The lowest BCUT2D eigenvalue weighted by molar-refractivity contribution is 0.0812. The van der Waals surface area contributed by atoms with Crippen LogP contribution in [0.2, 0.25) is 0 Å². The van der Waals surface area contributed by atoms with Gasteiger partial charge in [-0.2, -0.15) is 0 Å². The molecular formula is C14H20FNO. The predicted molar refractivity (Wildman–Crippen MR) is 66.2 cm³/mol. The minimum absolute atomic E-state index is 0.127. The quantitative estimate of drug-likeness (QED) is 0.877. The normalized spacial score (nSPS) is 26.1. The fourth-order valence-electron chi connectivity index (χ4n) is 2.70. The molecule has 17 heavy (non-hydrogen) atoms. The van der Waals surface area contributed by atoms with Crippen molar-refractivity contribution in [1.82, 2.24) is 0 Å². The van der Waals surface area contributed by atoms with Crippen LogP contribution < -0.4 is 5.73 Å². The van der Waals surface area contributed by atoms with Gasteiger partial charge in [0.1, 0.15) is 5.82 Å². The third kappa shape index (κ3) is 2.50. The molecule has 1 aliphatic heterocycles. The van der Waals surface area contributed by atoms with Crippen molar-refractivity contribution >= 4 is 0 Å². The van der Waals surface area contributed by atoms with E-state index in [2.05, 4.69) is 6.92 Å². The molecule has 1 aliphatic rings. The van der Waals surface area contributed by atoms with Crippen LogP contribution in [0.1, 0.15) is 36.9 Å². The maximum absolute atomic E-state index is 13.3. The van der Waals surface area contributed by atoms with Crippen LogP contribution in [0.3, 0.4) is 0 Å². The number of nitrogens with two attached hydrogens (primary N) is 1. The lowest BCUT2D eigenvalue weighted by Gasteiger charge is -2.25. The Morgan fingerprint density at radius 3 is 3.00 bits per heavy atom. The van der Waals surface area contributed by atoms with Gasteiger partial charge in [0.05, 0.1) is 6.10 Å². The number of hydrogen-bond acceptors (Lipinski definition) is 2. The van der Waals surface area contributed by atoms with Crippen LogP contribution in [0.4, 0.5) is 4.39 Å². The largest absolute Gasteiger partial charge is 0.378 e. The Hall–Kier alpha value is -0.930. The Morgan fingerprint density at radius 2 is 2.29 bits per heavy atom. The zero-order valence-corrected chi connectivity index (χ0v) is 10.4. The van der Waals surface area contributed by atoms with E-state index in [-0.39, 0.29) is 18.0 Å². The summed E-state index contributed by atoms with van der Waals surface area (Å²) in [5.41, 5.74) is 8.26. The van der Waals surface area contributed by atoms with Gasteiger partial charge < -0.3 is 10.5 Å². The molecule has 0 radical (unpaired) electrons. The molecule has 2 rings (SSSR count). The maximum atomic E-state index is 13.3. The van der Waals surface area contributed by atoms with E-state index in [0.717, 1.165) is 30.6 Å². The number of hydrogen-bond donors (Lipinski definition) is 1. The number of rotatable bonds is 3. The van der Waals surface area contributed by atoms with Gasteiger partial charge in [-0.15, -0.1) is 0 Å². The highest BCUT2D eigenvalue weighted by Crippen LogP contribution is 2.34. The minimum atomic E-state index is -0.215. The van der Waals surface area contributed by atoms with Crippen LogP contribution in [0, 0.1) is 18.7 Å². The SMILES string of the molecule is CCC1OCCC1C(N)c1cc(F)ccc1C. The predicted octanol–water partition coefficient (Wildman–Crippen LogP) is 2.95. The van der Waals surface area contributed by atoms with Gasteiger partial charge in [0.2, 0.25) is 0 Å². The standard InChI is InChI=1S/C14H20FNO/c1-3-13-11(6-7-17-13)14(16)12-8-10(15)5-4-9(12)2/h4-5,8,11,13-14H,3,6-7,16H2,1-2H3. The summed E-state index contributed by atoms with van der Waals surface area (Å²) in [4.78, 5) is 0. The first-order valence-corrected chi connectivity index (χ1v) is 6.26. The van der Waals surface area contributed by atoms with Crippen LogP contribution in [0.5, 0.6) is 0 Å². The van der Waals surface area contributed by atoms with Crippen LogP contribution >= 0.6 is 0 Å². The molecular weight excluding hydrogens is 217 g/mol. The minimum Gasteiger partial charge on any atom is -0.378 e. The van der Waals surface area contributed by atoms with Crippen LogP contribution in [-0.4, -0.2) is 12.7 Å². The van der Waals surface area contributed by atoms with E-state index >= 15 is 0 Å². The molecule has 0 saturated carbocycles. The molecule has 1 saturated heterocycles. The fraction of sp³-hybridized carbons (Fsp3) is 0.571. The van der Waals surface area contributed by atoms with Crippen molar-refractivity contribution < 1.29 is 9.13 Å². The second-order valence-corrected chi connectivity index (χ2v) is 4.80. The monoisotopic (exact) mass is 237 g/mol. The first-order valence-electron chi connectivity index (χ1n) is 6.26. The first-order chi connectivity index (χ1) is 8.13. The molecule has 94 valence electrons. The average Bonchev–Trinajstić information content (AvgIpc) is 2.79. The van der Waals surface area contributed by atoms with Crippen molar-refractivity contribution in [3.63, 3.8) is 0 Å². The molecule has 2 N–H and O–H groups in total. The summed E-state index contributed by atoms with van der Waals surface area (Å²) >= 11 is 0. The van der Waals surface area contributed by atoms with Crippen LogP contribution in [-0.2, 0) is 4.74 Å². The molecule has 0 spiro atoms. The van der Waals surface area contributed by atoms with E-state index in [1.807, 2.05) is 6.92 Å². The Labute approximate surface area is 102 Å². The zero-order chi connectivity index (χ0) is 12.4. The van der Waals surface area contributed by atoms with Gasteiger partial charge in [-0.05, 0) is 43.0 Å². The average molecular weight is 237 g/mol. The van der Waals surface area contributed by atoms with Crippen LogP contribution in [0.15, 0.2) is 18.2 Å². The molecule has 1 fully saturated rings. The van der Waals surface area contributed by atoms with Gasteiger partial charge in [0.25, 0.3) is 0 Å². The summed E-state index contributed by atoms with van der Waals surface area (Å²) in [7, 11) is 0. The number of halogens is 1. The third-order valence-electron chi connectivity index (χ3n) is 3.72. The van der Waals surface area contributed by atoms with Crippen molar-refractivity contribution in [3.05, 3.63) is 35.1 Å². The van der Waals surface area contributed by atoms with E-state index in [4.69, 9.17) is 10.5 Å². The van der Waals surface area contributed by atoms with E-state index in [9.17, 15) is 4.39 Å². The van der Waals surface area contributed by atoms with Gasteiger partial charge in [-0.1, -0.05) is 13.0 Å². The molecule has 3 unspecified atom stereocenters. The summed E-state index contributed by atoms with van der Waals surface area (Å²) in [6.07, 6.45) is 2.15. The lowest BCUT2D eigenvalue weighted by Crippen LogP contribution is -2.28. The number of benzene rings is 1. The second kappa shape index (κ2) is 5.15. The highest BCUT2D eigenvalue weighted by molar-refractivity contribution is 5.30. The molecule has 3 heteroatoms. The molecule has 0 amide bonds. The van der Waals surface area contributed by atoms with E-state index in [1.165, 1.54) is 6.07 Å². The number of ether oxygens (including phenoxy) is 1. The van der Waals surface area contributed by atoms with Crippen LogP contribution in [0.25, 0.3) is 0 Å². The van der Waals surface area contributed by atoms with E-state index < -0.39 is 0 Å². The van der Waals surface area contributed by atoms with Crippen molar-refractivity contribution in [1.29, 1.82) is 0 Å². The van der Waals surface area contributed by atoms with Gasteiger partial charge >= 0.3 is 0 Å². The maximum Gasteiger partial charge on any atom is 0.123 e. The molecule has 3 atom stereocenters. The van der Waals surface area contributed by atoms with E-state index in [0.29, 0.717) is 5.92 Å². The first kappa shape index (κ1) is 12.5. The van der Waals surface area contributed by atoms with Gasteiger partial charge in [0, 0.05) is 18.6 Å². The van der Waals surface area contributed by atoms with Crippen molar-refractivity contribution in [2.45, 2.75) is 38.8 Å². The van der Waals surface area contributed by atoms with Gasteiger partial charge in [0.15, 0.2) is 0 Å². The Balaban J connectivity index is 2.24. The highest BCUT2D eigenvalue weighted by Gasteiger charge is 2.33. The molecule has 1 aromatic rings. The lowest BCUT2D eigenvalue weighted by atomic mass is 9.85. The summed E-state index contributed by atoms with van der Waals surface area (Å²) in [5, 5.41) is 0. The molecule has 1 aromatic carbocycles. The molecule has 0 aliphatic carbocycles. The van der Waals surface area contributed by atoms with Crippen molar-refractivity contribution in [2.75, 3.05) is 6.61 Å². The Morgan fingerprint density at radius 1 is 1.53 bits per heavy atom. The summed E-state index contributed by atoms with van der Waals surface area (Å²) in [5.74, 6) is 0.0912. The zero-order valence-electron chi connectivity index (χ0n) is 10.4. The van der Waals surface area contributed by atoms with Crippen molar-refractivity contribution in [3.8, 4) is 0 Å².